The molecule has 1 aromatic heterocycles. The fourth-order valence-electron chi connectivity index (χ4n) is 2.64. The SMILES string of the molecule is OC(CNc1nc(C2CC2)ns1)c1ccc(-c2ccccc2)cc1. The first-order chi connectivity index (χ1) is 11.8. The van der Waals surface area contributed by atoms with Crippen LogP contribution < -0.4 is 5.32 Å². The normalized spacial score (nSPS) is 15.2. The topological polar surface area (TPSA) is 58.0 Å². The number of nitrogens with one attached hydrogen (secondary N) is 1. The maximum atomic E-state index is 10.4. The molecule has 2 aromatic carbocycles. The molecule has 0 aliphatic heterocycles. The van der Waals surface area contributed by atoms with Crippen LogP contribution in [0, 0.1) is 0 Å². The van der Waals surface area contributed by atoms with Gasteiger partial charge in [0.2, 0.25) is 5.13 Å². The van der Waals surface area contributed by atoms with Crippen molar-refractivity contribution in [3.8, 4) is 11.1 Å². The molecular weight excluding hydrogens is 318 g/mol. The molecule has 1 unspecified atom stereocenters. The second-order valence-electron chi connectivity index (χ2n) is 6.12. The zero-order valence-electron chi connectivity index (χ0n) is 13.2. The van der Waals surface area contributed by atoms with Gasteiger partial charge in [0.05, 0.1) is 6.10 Å². The lowest BCUT2D eigenvalue weighted by Gasteiger charge is -2.12. The number of anilines is 1. The summed E-state index contributed by atoms with van der Waals surface area (Å²) in [5, 5.41) is 14.3. The first-order valence-electron chi connectivity index (χ1n) is 8.20. The largest absolute Gasteiger partial charge is 0.387 e. The van der Waals surface area contributed by atoms with Crippen LogP contribution in [0.5, 0.6) is 0 Å². The lowest BCUT2D eigenvalue weighted by molar-refractivity contribution is 0.191. The highest BCUT2D eigenvalue weighted by Gasteiger charge is 2.27. The molecule has 0 saturated heterocycles. The number of rotatable bonds is 6. The van der Waals surface area contributed by atoms with Crippen LogP contribution >= 0.6 is 11.5 Å². The van der Waals surface area contributed by atoms with Gasteiger partial charge in [0.25, 0.3) is 0 Å². The molecule has 0 amide bonds. The molecule has 24 heavy (non-hydrogen) atoms. The second kappa shape index (κ2) is 6.71. The van der Waals surface area contributed by atoms with E-state index in [-0.39, 0.29) is 0 Å². The van der Waals surface area contributed by atoms with E-state index in [0.717, 1.165) is 22.1 Å². The predicted octanol–water partition coefficient (Wildman–Crippen LogP) is 4.23. The standard InChI is InChI=1S/C19H19N3OS/c23-17(12-20-19-21-18(22-24-19)16-10-11-16)15-8-6-14(7-9-15)13-4-2-1-3-5-13/h1-9,16-17,23H,10-12H2,(H,20,21,22). The summed E-state index contributed by atoms with van der Waals surface area (Å²) >= 11 is 1.37. The summed E-state index contributed by atoms with van der Waals surface area (Å²) in [4.78, 5) is 4.48. The van der Waals surface area contributed by atoms with Crippen LogP contribution in [0.25, 0.3) is 11.1 Å². The molecule has 1 aliphatic carbocycles. The second-order valence-corrected chi connectivity index (χ2v) is 6.87. The summed E-state index contributed by atoms with van der Waals surface area (Å²) in [5.41, 5.74) is 3.23. The molecule has 2 N–H and O–H groups in total. The van der Waals surface area contributed by atoms with Crippen LogP contribution in [0.1, 0.15) is 36.3 Å². The first kappa shape index (κ1) is 15.3. The van der Waals surface area contributed by atoms with Crippen LogP contribution in [-0.2, 0) is 0 Å². The first-order valence-corrected chi connectivity index (χ1v) is 8.98. The Morgan fingerprint density at radius 2 is 1.75 bits per heavy atom. The molecule has 1 saturated carbocycles. The lowest BCUT2D eigenvalue weighted by Crippen LogP contribution is -2.12. The van der Waals surface area contributed by atoms with Crippen molar-refractivity contribution in [2.45, 2.75) is 24.9 Å². The molecule has 1 atom stereocenters. The quantitative estimate of drug-likeness (QED) is 0.707. The fourth-order valence-corrected chi connectivity index (χ4v) is 3.30. The molecule has 4 rings (SSSR count). The third-order valence-electron chi connectivity index (χ3n) is 4.23. The third-order valence-corrected chi connectivity index (χ3v) is 4.92. The Hall–Kier alpha value is -2.24. The Balaban J connectivity index is 1.37. The van der Waals surface area contributed by atoms with Crippen LogP contribution in [0.15, 0.2) is 54.6 Å². The summed E-state index contributed by atoms with van der Waals surface area (Å²) in [6, 6.07) is 18.3. The van der Waals surface area contributed by atoms with Crippen LogP contribution in [-0.4, -0.2) is 21.0 Å². The summed E-state index contributed by atoms with van der Waals surface area (Å²) in [5.74, 6) is 1.51. The lowest BCUT2D eigenvalue weighted by atomic mass is 10.0. The Morgan fingerprint density at radius 1 is 1.04 bits per heavy atom. The van der Waals surface area contributed by atoms with Gasteiger partial charge in [-0.1, -0.05) is 54.6 Å². The summed E-state index contributed by atoms with van der Waals surface area (Å²) in [7, 11) is 0. The maximum absolute atomic E-state index is 10.4. The van der Waals surface area contributed by atoms with Crippen molar-refractivity contribution in [1.82, 2.24) is 9.36 Å². The smallest absolute Gasteiger partial charge is 0.202 e. The number of benzene rings is 2. The van der Waals surface area contributed by atoms with Crippen LogP contribution in [0.2, 0.25) is 0 Å². The van der Waals surface area contributed by atoms with Gasteiger partial charge >= 0.3 is 0 Å². The molecule has 5 heteroatoms. The van der Waals surface area contributed by atoms with Gasteiger partial charge in [-0.05, 0) is 29.5 Å². The Kier molecular flexibility index (Phi) is 4.28. The van der Waals surface area contributed by atoms with Crippen molar-refractivity contribution in [3.63, 3.8) is 0 Å². The molecule has 122 valence electrons. The van der Waals surface area contributed by atoms with Gasteiger partial charge in [0.1, 0.15) is 5.82 Å². The maximum Gasteiger partial charge on any atom is 0.202 e. The van der Waals surface area contributed by atoms with Gasteiger partial charge in [-0.2, -0.15) is 4.37 Å². The summed E-state index contributed by atoms with van der Waals surface area (Å²) < 4.78 is 4.36. The molecule has 3 aromatic rings. The fraction of sp³-hybridized carbons (Fsp3) is 0.263. The minimum absolute atomic E-state index is 0.435. The van der Waals surface area contributed by atoms with Gasteiger partial charge < -0.3 is 10.4 Å². The highest BCUT2D eigenvalue weighted by molar-refractivity contribution is 7.09. The monoisotopic (exact) mass is 337 g/mol. The average Bonchev–Trinajstić information content (AvgIpc) is 3.39. The van der Waals surface area contributed by atoms with Gasteiger partial charge in [-0.25, -0.2) is 4.98 Å². The van der Waals surface area contributed by atoms with E-state index >= 15 is 0 Å². The van der Waals surface area contributed by atoms with Gasteiger partial charge in [0.15, 0.2) is 0 Å². The minimum Gasteiger partial charge on any atom is -0.387 e. The van der Waals surface area contributed by atoms with E-state index in [4.69, 9.17) is 0 Å². The highest BCUT2D eigenvalue weighted by atomic mass is 32.1. The molecule has 0 bridgehead atoms. The van der Waals surface area contributed by atoms with Gasteiger partial charge in [-0.3, -0.25) is 0 Å². The van der Waals surface area contributed by atoms with E-state index in [1.165, 1.54) is 29.9 Å². The van der Waals surface area contributed by atoms with E-state index in [1.54, 1.807) is 0 Å². The third kappa shape index (κ3) is 3.47. The number of aliphatic hydroxyl groups is 1. The van der Waals surface area contributed by atoms with Crippen LogP contribution in [0.4, 0.5) is 5.13 Å². The summed E-state index contributed by atoms with van der Waals surface area (Å²) in [6.07, 6.45) is 1.84. The van der Waals surface area contributed by atoms with Gasteiger partial charge in [0, 0.05) is 24.0 Å². The molecule has 0 radical (unpaired) electrons. The zero-order chi connectivity index (χ0) is 16.4. The molecular formula is C19H19N3OS. The molecule has 4 nitrogen and oxygen atoms in total. The number of hydrogen-bond acceptors (Lipinski definition) is 5. The number of aliphatic hydroxyl groups excluding tert-OH is 1. The Labute approximate surface area is 145 Å². The summed E-state index contributed by atoms with van der Waals surface area (Å²) in [6.45, 7) is 0.435. The van der Waals surface area contributed by atoms with Crippen molar-refractivity contribution in [2.24, 2.45) is 0 Å². The van der Waals surface area contributed by atoms with Crippen molar-refractivity contribution >= 4 is 16.7 Å². The van der Waals surface area contributed by atoms with E-state index < -0.39 is 6.10 Å². The van der Waals surface area contributed by atoms with Crippen molar-refractivity contribution < 1.29 is 5.11 Å². The van der Waals surface area contributed by atoms with Crippen molar-refractivity contribution in [3.05, 3.63) is 66.0 Å². The minimum atomic E-state index is -0.567. The Bertz CT molecular complexity index is 797. The molecule has 1 fully saturated rings. The zero-order valence-corrected chi connectivity index (χ0v) is 14.0. The molecule has 1 aliphatic rings. The van der Waals surface area contributed by atoms with E-state index in [1.807, 2.05) is 42.5 Å². The molecule has 1 heterocycles. The van der Waals surface area contributed by atoms with Crippen LogP contribution in [0.3, 0.4) is 0 Å². The predicted molar refractivity (Wildman–Crippen MR) is 97.2 cm³/mol. The number of aromatic nitrogens is 2. The van der Waals surface area contributed by atoms with Crippen molar-refractivity contribution in [2.75, 3.05) is 11.9 Å². The van der Waals surface area contributed by atoms with E-state index in [2.05, 4.69) is 26.8 Å². The molecule has 0 spiro atoms. The number of hydrogen-bond donors (Lipinski definition) is 2. The highest BCUT2D eigenvalue weighted by Crippen LogP contribution is 2.39. The van der Waals surface area contributed by atoms with E-state index in [9.17, 15) is 5.11 Å². The van der Waals surface area contributed by atoms with Gasteiger partial charge in [-0.15, -0.1) is 0 Å². The van der Waals surface area contributed by atoms with E-state index in [0.29, 0.717) is 12.5 Å². The Morgan fingerprint density at radius 3 is 2.46 bits per heavy atom. The van der Waals surface area contributed by atoms with Crippen molar-refractivity contribution in [1.29, 1.82) is 0 Å². The number of nitrogens with zero attached hydrogens (tertiary/aromatic N) is 2. The average molecular weight is 337 g/mol.